The summed E-state index contributed by atoms with van der Waals surface area (Å²) in [6.07, 6.45) is 5.26. The second kappa shape index (κ2) is 15.2. The van der Waals surface area contributed by atoms with E-state index in [2.05, 4.69) is 36.6 Å². The minimum absolute atomic E-state index is 0.271. The minimum atomic E-state index is -3.55. The zero-order valence-electron chi connectivity index (χ0n) is 25.2. The Morgan fingerprint density at radius 2 is 1.56 bits per heavy atom. The number of carbonyl (C=O) groups is 1. The molecule has 43 heavy (non-hydrogen) atoms. The third-order valence-corrected chi connectivity index (χ3v) is 9.81. The molecular formula is C31H43BrN6O4S. The number of fused-ring (bicyclic) bond motifs is 1. The van der Waals surface area contributed by atoms with Crippen LogP contribution in [0.2, 0.25) is 0 Å². The first-order valence-electron chi connectivity index (χ1n) is 15.0. The second-order valence-electron chi connectivity index (χ2n) is 12.0. The number of para-hydroxylation sites is 1. The number of benzene rings is 2. The number of aromatic nitrogens is 2. The molecule has 0 unspecified atom stereocenters. The molecule has 1 aliphatic carbocycles. The van der Waals surface area contributed by atoms with Crippen molar-refractivity contribution in [3.05, 3.63) is 53.0 Å². The quantitative estimate of drug-likeness (QED) is 0.155. The highest BCUT2D eigenvalue weighted by molar-refractivity contribution is 9.10. The predicted octanol–water partition coefficient (Wildman–Crippen LogP) is 6.31. The fraction of sp³-hybridized carbons (Fsp3) is 0.516. The van der Waals surface area contributed by atoms with E-state index in [1.165, 1.54) is 0 Å². The Kier molecular flexibility index (Phi) is 11.6. The molecule has 10 nitrogen and oxygen atoms in total. The van der Waals surface area contributed by atoms with Gasteiger partial charge in [-0.1, -0.05) is 24.3 Å². The number of anilines is 2. The summed E-state index contributed by atoms with van der Waals surface area (Å²) in [5.74, 6) is 2.17. The van der Waals surface area contributed by atoms with Gasteiger partial charge in [0, 0.05) is 36.0 Å². The standard InChI is InChI=1S/C31H43BrN6O4S/c1-31(2,3)42-30(39)34-19-9-8-18-33-28-24-10-4-6-12-26(24)37-29(38-28)35-20-22-14-16-23(17-15-22)21-36-43(40,41)27-13-7-5-11-25(27)32/h4-7,10-13,22-23,36H,8-9,14-21H2,1-3H3,(H,34,39)(H2,33,35,37,38). The Labute approximate surface area is 263 Å². The molecule has 0 atom stereocenters. The maximum atomic E-state index is 12.7. The number of sulfonamides is 1. The number of amides is 1. The zero-order valence-corrected chi connectivity index (χ0v) is 27.6. The van der Waals surface area contributed by atoms with Crippen LogP contribution in [0.4, 0.5) is 16.6 Å². The van der Waals surface area contributed by atoms with Crippen LogP contribution in [0, 0.1) is 11.8 Å². The highest BCUT2D eigenvalue weighted by atomic mass is 79.9. The van der Waals surface area contributed by atoms with Gasteiger partial charge in [-0.25, -0.2) is 22.9 Å². The molecule has 0 saturated heterocycles. The second-order valence-corrected chi connectivity index (χ2v) is 14.6. The third kappa shape index (κ3) is 10.3. The lowest BCUT2D eigenvalue weighted by molar-refractivity contribution is 0.0527. The van der Waals surface area contributed by atoms with Crippen LogP contribution in [-0.4, -0.2) is 56.3 Å². The van der Waals surface area contributed by atoms with E-state index >= 15 is 0 Å². The summed E-state index contributed by atoms with van der Waals surface area (Å²) in [7, 11) is -3.55. The highest BCUT2D eigenvalue weighted by Gasteiger charge is 2.24. The monoisotopic (exact) mass is 674 g/mol. The van der Waals surface area contributed by atoms with Crippen LogP contribution in [0.5, 0.6) is 0 Å². The zero-order chi connectivity index (χ0) is 30.9. The van der Waals surface area contributed by atoms with E-state index in [-0.39, 0.29) is 4.90 Å². The normalized spacial score (nSPS) is 17.4. The molecule has 0 aliphatic heterocycles. The average molecular weight is 676 g/mol. The van der Waals surface area contributed by atoms with E-state index in [0.717, 1.165) is 61.8 Å². The number of rotatable bonds is 13. The van der Waals surface area contributed by atoms with Gasteiger partial charge in [-0.2, -0.15) is 4.98 Å². The molecule has 2 aromatic carbocycles. The van der Waals surface area contributed by atoms with Gasteiger partial charge >= 0.3 is 6.09 Å². The molecule has 3 aromatic rings. The lowest BCUT2D eigenvalue weighted by Gasteiger charge is -2.28. The van der Waals surface area contributed by atoms with E-state index in [1.54, 1.807) is 24.3 Å². The number of unbranched alkanes of at least 4 members (excludes halogenated alkanes) is 1. The number of ether oxygens (including phenoxy) is 1. The Hall–Kier alpha value is -2.96. The average Bonchev–Trinajstić information content (AvgIpc) is 2.96. The number of carbonyl (C=O) groups excluding carboxylic acids is 1. The summed E-state index contributed by atoms with van der Waals surface area (Å²) in [6.45, 7) is 8.02. The Balaban J connectivity index is 1.22. The van der Waals surface area contributed by atoms with Gasteiger partial charge in [-0.3, -0.25) is 0 Å². The molecule has 4 rings (SSSR count). The van der Waals surface area contributed by atoms with Gasteiger partial charge in [0.05, 0.1) is 10.4 Å². The van der Waals surface area contributed by atoms with Crippen molar-refractivity contribution in [2.24, 2.45) is 11.8 Å². The molecule has 1 amide bonds. The smallest absolute Gasteiger partial charge is 0.407 e. The van der Waals surface area contributed by atoms with E-state index in [4.69, 9.17) is 14.7 Å². The first kappa shape index (κ1) is 32.9. The molecule has 234 valence electrons. The van der Waals surface area contributed by atoms with Crippen molar-refractivity contribution in [1.29, 1.82) is 0 Å². The maximum Gasteiger partial charge on any atom is 0.407 e. The molecule has 0 bridgehead atoms. The van der Waals surface area contributed by atoms with Crippen molar-refractivity contribution < 1.29 is 17.9 Å². The molecule has 1 heterocycles. The number of nitrogens with one attached hydrogen (secondary N) is 4. The molecule has 12 heteroatoms. The molecule has 1 fully saturated rings. The molecule has 1 aliphatic rings. The Morgan fingerprint density at radius 3 is 2.28 bits per heavy atom. The van der Waals surface area contributed by atoms with Crippen molar-refractivity contribution in [3.8, 4) is 0 Å². The first-order valence-corrected chi connectivity index (χ1v) is 17.2. The Bertz CT molecular complexity index is 1470. The molecule has 1 aromatic heterocycles. The van der Waals surface area contributed by atoms with Crippen LogP contribution < -0.4 is 20.7 Å². The van der Waals surface area contributed by atoms with Gasteiger partial charge in [0.2, 0.25) is 16.0 Å². The van der Waals surface area contributed by atoms with Gasteiger partial charge in [-0.15, -0.1) is 0 Å². The first-order chi connectivity index (χ1) is 20.5. The van der Waals surface area contributed by atoms with Gasteiger partial charge in [0.1, 0.15) is 11.4 Å². The fourth-order valence-corrected chi connectivity index (χ4v) is 7.21. The summed E-state index contributed by atoms with van der Waals surface area (Å²) >= 11 is 3.34. The summed E-state index contributed by atoms with van der Waals surface area (Å²) in [4.78, 5) is 21.6. The van der Waals surface area contributed by atoms with Crippen LogP contribution >= 0.6 is 15.9 Å². The lowest BCUT2D eigenvalue weighted by Crippen LogP contribution is -2.33. The lowest BCUT2D eigenvalue weighted by atomic mass is 9.82. The number of nitrogens with zero attached hydrogens (tertiary/aromatic N) is 2. The predicted molar refractivity (Wildman–Crippen MR) is 175 cm³/mol. The van der Waals surface area contributed by atoms with E-state index in [0.29, 0.717) is 41.9 Å². The number of hydrogen-bond acceptors (Lipinski definition) is 8. The highest BCUT2D eigenvalue weighted by Crippen LogP contribution is 2.30. The van der Waals surface area contributed by atoms with Crippen molar-refractivity contribution in [2.75, 3.05) is 36.8 Å². The number of halogens is 1. The van der Waals surface area contributed by atoms with Gasteiger partial charge < -0.3 is 20.7 Å². The molecule has 0 radical (unpaired) electrons. The largest absolute Gasteiger partial charge is 0.444 e. The van der Waals surface area contributed by atoms with Crippen LogP contribution in [0.25, 0.3) is 10.9 Å². The van der Waals surface area contributed by atoms with Crippen LogP contribution in [0.15, 0.2) is 57.9 Å². The molecule has 4 N–H and O–H groups in total. The summed E-state index contributed by atoms with van der Waals surface area (Å²) in [5, 5.41) is 10.6. The summed E-state index contributed by atoms with van der Waals surface area (Å²) in [6, 6.07) is 14.8. The SMILES string of the molecule is CC(C)(C)OC(=O)NCCCCNc1nc(NCC2CCC(CNS(=O)(=O)c3ccccc3Br)CC2)nc2ccccc12. The topological polar surface area (TPSA) is 134 Å². The van der Waals surface area contributed by atoms with E-state index < -0.39 is 21.7 Å². The van der Waals surface area contributed by atoms with Crippen molar-refractivity contribution in [2.45, 2.75) is 69.8 Å². The number of alkyl carbamates (subject to hydrolysis) is 1. The van der Waals surface area contributed by atoms with Crippen LogP contribution in [0.1, 0.15) is 59.3 Å². The van der Waals surface area contributed by atoms with Crippen molar-refractivity contribution in [1.82, 2.24) is 20.0 Å². The maximum absolute atomic E-state index is 12.7. The van der Waals surface area contributed by atoms with E-state index in [1.807, 2.05) is 45.0 Å². The minimum Gasteiger partial charge on any atom is -0.444 e. The van der Waals surface area contributed by atoms with Crippen molar-refractivity contribution in [3.63, 3.8) is 0 Å². The van der Waals surface area contributed by atoms with Crippen LogP contribution in [0.3, 0.4) is 0 Å². The van der Waals surface area contributed by atoms with Gasteiger partial charge in [0.25, 0.3) is 0 Å². The molecule has 1 saturated carbocycles. The van der Waals surface area contributed by atoms with Gasteiger partial charge in [-0.05, 0) is 111 Å². The number of hydrogen-bond donors (Lipinski definition) is 4. The van der Waals surface area contributed by atoms with E-state index in [9.17, 15) is 13.2 Å². The summed E-state index contributed by atoms with van der Waals surface area (Å²) < 4.78 is 34.1. The van der Waals surface area contributed by atoms with Gasteiger partial charge in [0.15, 0.2) is 0 Å². The summed E-state index contributed by atoms with van der Waals surface area (Å²) in [5.41, 5.74) is 0.365. The fourth-order valence-electron chi connectivity index (χ4n) is 5.10. The van der Waals surface area contributed by atoms with Crippen LogP contribution in [-0.2, 0) is 14.8 Å². The third-order valence-electron chi connectivity index (χ3n) is 7.37. The molecule has 0 spiro atoms. The Morgan fingerprint density at radius 1 is 0.907 bits per heavy atom. The van der Waals surface area contributed by atoms with Crippen molar-refractivity contribution >= 4 is 54.7 Å². The molecular weight excluding hydrogens is 632 g/mol.